The first-order chi connectivity index (χ1) is 12.3. The largest absolute Gasteiger partial charge is 0.456 e. The van der Waals surface area contributed by atoms with Gasteiger partial charge in [0.15, 0.2) is 6.29 Å². The van der Waals surface area contributed by atoms with Crippen molar-refractivity contribution in [1.82, 2.24) is 0 Å². The minimum absolute atomic E-state index is 0.119. The fourth-order valence-corrected chi connectivity index (χ4v) is 3.16. The van der Waals surface area contributed by atoms with Crippen LogP contribution < -0.4 is 0 Å². The summed E-state index contributed by atoms with van der Waals surface area (Å²) in [6, 6.07) is 18.8. The average Bonchev–Trinajstić information content (AvgIpc) is 2.69. The third-order valence-corrected chi connectivity index (χ3v) is 4.47. The van der Waals surface area contributed by atoms with Crippen molar-refractivity contribution in [1.29, 1.82) is 0 Å². The highest BCUT2D eigenvalue weighted by Crippen LogP contribution is 2.32. The summed E-state index contributed by atoms with van der Waals surface area (Å²) >= 11 is 0. The van der Waals surface area contributed by atoms with Gasteiger partial charge in [-0.1, -0.05) is 48.5 Å². The predicted molar refractivity (Wildman–Crippen MR) is 90.0 cm³/mol. The predicted octanol–water partition coefficient (Wildman–Crippen LogP) is 3.12. The van der Waals surface area contributed by atoms with Crippen molar-refractivity contribution in [3.05, 3.63) is 71.8 Å². The SMILES string of the molecule is O=C(O[C@@H]1CO[C@@H]2COC(c3ccccc3)O[C@H]2C1)c1ccccc1. The summed E-state index contributed by atoms with van der Waals surface area (Å²) in [7, 11) is 0. The molecule has 25 heavy (non-hydrogen) atoms. The number of fused-ring (bicyclic) bond motifs is 1. The van der Waals surface area contributed by atoms with E-state index in [2.05, 4.69) is 0 Å². The Morgan fingerprint density at radius 1 is 0.880 bits per heavy atom. The lowest BCUT2D eigenvalue weighted by atomic mass is 10.0. The summed E-state index contributed by atoms with van der Waals surface area (Å²) < 4.78 is 23.2. The Kier molecular flexibility index (Phi) is 4.78. The number of carbonyl (C=O) groups excluding carboxylic acids is 1. The molecule has 0 saturated carbocycles. The van der Waals surface area contributed by atoms with E-state index in [0.29, 0.717) is 25.2 Å². The molecule has 2 heterocycles. The quantitative estimate of drug-likeness (QED) is 0.804. The van der Waals surface area contributed by atoms with Crippen LogP contribution in [0.25, 0.3) is 0 Å². The molecule has 5 heteroatoms. The maximum absolute atomic E-state index is 12.2. The van der Waals surface area contributed by atoms with Crippen molar-refractivity contribution in [2.24, 2.45) is 0 Å². The lowest BCUT2D eigenvalue weighted by molar-refractivity contribution is -0.287. The molecule has 0 radical (unpaired) electrons. The van der Waals surface area contributed by atoms with Crippen molar-refractivity contribution >= 4 is 5.97 Å². The lowest BCUT2D eigenvalue weighted by Gasteiger charge is -2.41. The summed E-state index contributed by atoms with van der Waals surface area (Å²) in [5, 5.41) is 0. The molecule has 2 aromatic rings. The van der Waals surface area contributed by atoms with Crippen LogP contribution in [0.1, 0.15) is 28.6 Å². The van der Waals surface area contributed by atoms with Gasteiger partial charge in [-0.3, -0.25) is 0 Å². The van der Waals surface area contributed by atoms with Crippen LogP contribution in [0.5, 0.6) is 0 Å². The van der Waals surface area contributed by atoms with Gasteiger partial charge in [-0.15, -0.1) is 0 Å². The fourth-order valence-electron chi connectivity index (χ4n) is 3.16. The van der Waals surface area contributed by atoms with E-state index in [1.54, 1.807) is 12.1 Å². The van der Waals surface area contributed by atoms with Crippen LogP contribution >= 0.6 is 0 Å². The summed E-state index contributed by atoms with van der Waals surface area (Å²) in [6.07, 6.45) is -0.387. The number of rotatable bonds is 3. The minimum Gasteiger partial charge on any atom is -0.456 e. The first kappa shape index (κ1) is 16.3. The Morgan fingerprint density at radius 3 is 2.36 bits per heavy atom. The molecule has 1 unspecified atom stereocenters. The standard InChI is InChI=1S/C20H20O5/c21-19(14-7-3-1-4-8-14)24-16-11-17-18(22-12-16)13-23-20(25-17)15-9-5-2-6-10-15/h1-10,16-18,20H,11-13H2/t16-,17-,18+,20?/m0/s1. The van der Waals surface area contributed by atoms with Crippen LogP contribution in [-0.4, -0.2) is 37.5 Å². The Bertz CT molecular complexity index is 703. The number of hydrogen-bond donors (Lipinski definition) is 0. The lowest BCUT2D eigenvalue weighted by Crippen LogP contribution is -2.50. The first-order valence-corrected chi connectivity index (χ1v) is 8.49. The monoisotopic (exact) mass is 340 g/mol. The molecule has 4 rings (SSSR count). The second-order valence-electron chi connectivity index (χ2n) is 6.25. The molecule has 2 fully saturated rings. The van der Waals surface area contributed by atoms with E-state index < -0.39 is 6.29 Å². The molecule has 2 aromatic carbocycles. The van der Waals surface area contributed by atoms with E-state index in [9.17, 15) is 4.79 Å². The average molecular weight is 340 g/mol. The summed E-state index contributed by atoms with van der Waals surface area (Å²) in [5.74, 6) is -0.334. The zero-order valence-electron chi connectivity index (χ0n) is 13.7. The topological polar surface area (TPSA) is 54.0 Å². The molecule has 4 atom stereocenters. The smallest absolute Gasteiger partial charge is 0.338 e. The van der Waals surface area contributed by atoms with Crippen LogP contribution in [0.3, 0.4) is 0 Å². The zero-order chi connectivity index (χ0) is 17.1. The van der Waals surface area contributed by atoms with Crippen LogP contribution in [0.4, 0.5) is 0 Å². The van der Waals surface area contributed by atoms with Crippen molar-refractivity contribution < 1.29 is 23.7 Å². The third-order valence-electron chi connectivity index (χ3n) is 4.47. The van der Waals surface area contributed by atoms with E-state index in [-0.39, 0.29) is 24.3 Å². The maximum atomic E-state index is 12.2. The zero-order valence-corrected chi connectivity index (χ0v) is 13.7. The van der Waals surface area contributed by atoms with Gasteiger partial charge in [-0.05, 0) is 12.1 Å². The Morgan fingerprint density at radius 2 is 1.60 bits per heavy atom. The van der Waals surface area contributed by atoms with E-state index in [1.807, 2.05) is 48.5 Å². The van der Waals surface area contributed by atoms with Gasteiger partial charge in [-0.2, -0.15) is 0 Å². The Balaban J connectivity index is 1.38. The van der Waals surface area contributed by atoms with Crippen molar-refractivity contribution in [2.45, 2.75) is 31.0 Å². The molecule has 0 bridgehead atoms. The minimum atomic E-state index is -0.408. The van der Waals surface area contributed by atoms with E-state index in [4.69, 9.17) is 18.9 Å². The Hall–Kier alpha value is -2.21. The van der Waals surface area contributed by atoms with Gasteiger partial charge in [0.2, 0.25) is 0 Å². The number of benzene rings is 2. The second-order valence-corrected chi connectivity index (χ2v) is 6.25. The van der Waals surface area contributed by atoms with Crippen molar-refractivity contribution in [3.8, 4) is 0 Å². The van der Waals surface area contributed by atoms with Gasteiger partial charge in [0.1, 0.15) is 12.2 Å². The van der Waals surface area contributed by atoms with E-state index in [1.165, 1.54) is 0 Å². The van der Waals surface area contributed by atoms with Crippen LogP contribution in [-0.2, 0) is 18.9 Å². The summed E-state index contributed by atoms with van der Waals surface area (Å²) in [6.45, 7) is 0.839. The number of hydrogen-bond acceptors (Lipinski definition) is 5. The fraction of sp³-hybridized carbons (Fsp3) is 0.350. The van der Waals surface area contributed by atoms with E-state index in [0.717, 1.165) is 5.56 Å². The molecule has 2 aliphatic heterocycles. The number of carbonyl (C=O) groups is 1. The summed E-state index contributed by atoms with van der Waals surface area (Å²) in [5.41, 5.74) is 1.52. The molecular formula is C20H20O5. The van der Waals surface area contributed by atoms with Crippen LogP contribution in [0.15, 0.2) is 60.7 Å². The molecule has 2 saturated heterocycles. The molecule has 0 aromatic heterocycles. The first-order valence-electron chi connectivity index (χ1n) is 8.49. The van der Waals surface area contributed by atoms with Crippen molar-refractivity contribution in [2.75, 3.05) is 13.2 Å². The molecule has 5 nitrogen and oxygen atoms in total. The van der Waals surface area contributed by atoms with Gasteiger partial charge in [0, 0.05) is 12.0 Å². The number of esters is 1. The number of ether oxygens (including phenoxy) is 4. The van der Waals surface area contributed by atoms with Gasteiger partial charge < -0.3 is 18.9 Å². The highest BCUT2D eigenvalue weighted by Gasteiger charge is 2.39. The molecule has 2 aliphatic rings. The molecular weight excluding hydrogens is 320 g/mol. The molecule has 0 amide bonds. The van der Waals surface area contributed by atoms with Crippen LogP contribution in [0.2, 0.25) is 0 Å². The molecule has 130 valence electrons. The summed E-state index contributed by atoms with van der Waals surface area (Å²) in [4.78, 5) is 12.2. The third kappa shape index (κ3) is 3.74. The molecule has 0 aliphatic carbocycles. The highest BCUT2D eigenvalue weighted by atomic mass is 16.7. The molecule has 0 spiro atoms. The highest BCUT2D eigenvalue weighted by molar-refractivity contribution is 5.89. The molecule has 0 N–H and O–H groups in total. The van der Waals surface area contributed by atoms with Gasteiger partial charge in [-0.25, -0.2) is 4.79 Å². The van der Waals surface area contributed by atoms with Gasteiger partial charge in [0.25, 0.3) is 0 Å². The van der Waals surface area contributed by atoms with Crippen LogP contribution in [0, 0.1) is 0 Å². The van der Waals surface area contributed by atoms with Gasteiger partial charge in [0.05, 0.1) is 24.9 Å². The van der Waals surface area contributed by atoms with Crippen molar-refractivity contribution in [3.63, 3.8) is 0 Å². The van der Waals surface area contributed by atoms with E-state index >= 15 is 0 Å². The Labute approximate surface area is 146 Å². The second kappa shape index (κ2) is 7.35. The van der Waals surface area contributed by atoms with Gasteiger partial charge >= 0.3 is 5.97 Å². The maximum Gasteiger partial charge on any atom is 0.338 e. The normalized spacial score (nSPS) is 28.8.